The summed E-state index contributed by atoms with van der Waals surface area (Å²) in [6.45, 7) is 11.3. The predicted octanol–water partition coefficient (Wildman–Crippen LogP) is 5.08. The first-order valence-corrected chi connectivity index (χ1v) is 24.6. The summed E-state index contributed by atoms with van der Waals surface area (Å²) in [5.41, 5.74) is 2.95. The number of ether oxygens (including phenoxy) is 4. The minimum absolute atomic E-state index is 0.0880. The van der Waals surface area contributed by atoms with Gasteiger partial charge in [-0.2, -0.15) is 16.7 Å². The number of aryl methyl sites for hydroxylation is 1. The predicted molar refractivity (Wildman–Crippen MR) is 263 cm³/mol. The molecule has 18 nitrogen and oxygen atoms in total. The van der Waals surface area contributed by atoms with Gasteiger partial charge in [0.15, 0.2) is 0 Å². The summed E-state index contributed by atoms with van der Waals surface area (Å²) in [7, 11) is 0. The second-order valence-electron chi connectivity index (χ2n) is 16.3. The SMILES string of the molecule is C=CC(=O)Nc1cccc(Nc2nc(Nc3cccc(OCCCNC(=O)CCCC(=O)NCCCOCCOCCOCCCNC(=O)CCCC[C@H]4SC[C@H]5NCN[C@H]54)c3)ncc2C)c1. The summed E-state index contributed by atoms with van der Waals surface area (Å²) < 4.78 is 22.6. The third-order valence-electron chi connectivity index (χ3n) is 10.8. The fraction of sp³-hybridized carbons (Fsp3) is 0.542. The molecule has 3 atom stereocenters. The molecule has 2 aliphatic heterocycles. The number of nitrogens with zero attached hydrogens (tertiary/aromatic N) is 2. The van der Waals surface area contributed by atoms with Crippen molar-refractivity contribution in [3.05, 3.63) is 72.9 Å². The zero-order valence-corrected chi connectivity index (χ0v) is 39.7. The highest BCUT2D eigenvalue weighted by Gasteiger charge is 2.38. The lowest BCUT2D eigenvalue weighted by atomic mass is 10.0. The summed E-state index contributed by atoms with van der Waals surface area (Å²) in [4.78, 5) is 57.4. The standard InChI is InChI=1S/C48H70N10O8S/c1-3-42(59)55-36-12-6-13-37(30-36)56-47-35(2)32-52-48(58-47)57-38-14-7-15-39(31-38)66-25-11-22-51-45(62)19-8-18-44(61)50-21-10-24-64-27-29-65-28-26-63-23-9-20-49-43(60)17-5-4-16-41-46-40(33-67-41)53-34-54-46/h3,6-7,12-15,30-32,40-41,46,53-54H,1,4-5,8-11,16-29,33-34H2,2H3,(H,49,60)(H,50,61)(H,51,62)(H,55,59)(H2,52,56,57,58)/t40-,41-,46-/m1/s1. The lowest BCUT2D eigenvalue weighted by molar-refractivity contribution is -0.123. The third-order valence-corrected chi connectivity index (χ3v) is 12.4. The number of rotatable bonds is 34. The quantitative estimate of drug-likeness (QED) is 0.0289. The molecule has 366 valence electrons. The number of anilines is 5. The Hall–Kier alpha value is -5.31. The molecular formula is C48H70N10O8S. The topological polar surface area (TPSA) is 227 Å². The summed E-state index contributed by atoms with van der Waals surface area (Å²) in [6, 6.07) is 15.9. The number of amides is 4. The zero-order valence-electron chi connectivity index (χ0n) is 38.8. The van der Waals surface area contributed by atoms with E-state index in [9.17, 15) is 19.2 Å². The molecule has 0 aliphatic carbocycles. The van der Waals surface area contributed by atoms with Gasteiger partial charge in [0.1, 0.15) is 11.6 Å². The highest BCUT2D eigenvalue weighted by atomic mass is 32.2. The Labute approximate surface area is 399 Å². The largest absolute Gasteiger partial charge is 0.493 e. The van der Waals surface area contributed by atoms with Crippen molar-refractivity contribution in [2.75, 3.05) is 94.3 Å². The summed E-state index contributed by atoms with van der Waals surface area (Å²) in [5, 5.41) is 25.7. The van der Waals surface area contributed by atoms with Crippen molar-refractivity contribution >= 4 is 64.2 Å². The molecule has 0 radical (unpaired) electrons. The summed E-state index contributed by atoms with van der Waals surface area (Å²) >= 11 is 2.05. The smallest absolute Gasteiger partial charge is 0.247 e. The fourth-order valence-electron chi connectivity index (χ4n) is 7.29. The first kappa shape index (κ1) is 52.7. The monoisotopic (exact) mass is 947 g/mol. The number of nitrogens with one attached hydrogen (secondary N) is 8. The Morgan fingerprint density at radius 1 is 0.731 bits per heavy atom. The van der Waals surface area contributed by atoms with Crippen LogP contribution in [0.5, 0.6) is 5.75 Å². The van der Waals surface area contributed by atoms with Crippen LogP contribution >= 0.6 is 11.8 Å². The maximum atomic E-state index is 12.3. The van der Waals surface area contributed by atoms with E-state index >= 15 is 0 Å². The van der Waals surface area contributed by atoms with Crippen molar-refractivity contribution in [3.63, 3.8) is 0 Å². The van der Waals surface area contributed by atoms with Gasteiger partial charge in [0.05, 0.1) is 33.0 Å². The molecule has 3 aromatic rings. The van der Waals surface area contributed by atoms with Gasteiger partial charge in [0.2, 0.25) is 29.6 Å². The minimum atomic E-state index is -0.294. The van der Waals surface area contributed by atoms with Crippen LogP contribution in [0.15, 0.2) is 67.4 Å². The molecule has 67 heavy (non-hydrogen) atoms. The maximum Gasteiger partial charge on any atom is 0.247 e. The molecule has 3 heterocycles. The van der Waals surface area contributed by atoms with E-state index in [4.69, 9.17) is 18.9 Å². The maximum absolute atomic E-state index is 12.3. The molecular weight excluding hydrogens is 877 g/mol. The molecule has 1 aromatic heterocycles. The first-order chi connectivity index (χ1) is 32.7. The number of unbranched alkanes of at least 4 members (excludes halogenated alkanes) is 1. The number of hydrogen-bond acceptors (Lipinski definition) is 15. The summed E-state index contributed by atoms with van der Waals surface area (Å²) in [6.07, 6.45) is 9.77. The fourth-order valence-corrected chi connectivity index (χ4v) is 8.90. The number of benzene rings is 2. The van der Waals surface area contributed by atoms with Crippen LogP contribution in [0.3, 0.4) is 0 Å². The van der Waals surface area contributed by atoms with Crippen molar-refractivity contribution in [2.45, 2.75) is 88.5 Å². The normalized spacial score (nSPS) is 16.2. The molecule has 0 bridgehead atoms. The Balaban J connectivity index is 0.777. The van der Waals surface area contributed by atoms with Crippen molar-refractivity contribution in [1.82, 2.24) is 36.6 Å². The van der Waals surface area contributed by atoms with E-state index in [1.54, 1.807) is 18.3 Å². The van der Waals surface area contributed by atoms with Gasteiger partial charge in [-0.1, -0.05) is 25.1 Å². The van der Waals surface area contributed by atoms with Gasteiger partial charge < -0.3 is 50.8 Å². The lowest BCUT2D eigenvalue weighted by Gasteiger charge is -2.17. The molecule has 4 amide bonds. The van der Waals surface area contributed by atoms with Gasteiger partial charge in [-0.05, 0) is 81.9 Å². The average molecular weight is 947 g/mol. The summed E-state index contributed by atoms with van der Waals surface area (Å²) in [5.74, 6) is 2.47. The van der Waals surface area contributed by atoms with Crippen LogP contribution in [0, 0.1) is 6.92 Å². The van der Waals surface area contributed by atoms with Crippen LogP contribution < -0.4 is 47.3 Å². The highest BCUT2D eigenvalue weighted by Crippen LogP contribution is 2.33. The van der Waals surface area contributed by atoms with E-state index in [1.165, 1.54) is 11.8 Å². The Bertz CT molecular complexity index is 2000. The van der Waals surface area contributed by atoms with Gasteiger partial charge in [-0.3, -0.25) is 29.8 Å². The zero-order chi connectivity index (χ0) is 47.3. The molecule has 2 aromatic carbocycles. The molecule has 19 heteroatoms. The van der Waals surface area contributed by atoms with Crippen LogP contribution in [-0.4, -0.2) is 129 Å². The van der Waals surface area contributed by atoms with Crippen molar-refractivity contribution < 1.29 is 38.1 Å². The number of hydrogen-bond donors (Lipinski definition) is 8. The van der Waals surface area contributed by atoms with Crippen molar-refractivity contribution in [1.29, 1.82) is 0 Å². The number of aromatic nitrogens is 2. The molecule has 2 saturated heterocycles. The van der Waals surface area contributed by atoms with Crippen molar-refractivity contribution in [3.8, 4) is 5.75 Å². The second kappa shape index (κ2) is 30.9. The molecule has 0 spiro atoms. The number of thioether (sulfide) groups is 1. The molecule has 5 rings (SSSR count). The van der Waals surface area contributed by atoms with Crippen LogP contribution in [0.4, 0.5) is 28.8 Å². The average Bonchev–Trinajstić information content (AvgIpc) is 3.95. The molecule has 0 unspecified atom stereocenters. The Morgan fingerprint density at radius 3 is 2.03 bits per heavy atom. The van der Waals surface area contributed by atoms with E-state index < -0.39 is 0 Å². The van der Waals surface area contributed by atoms with Gasteiger partial charge in [0.25, 0.3) is 0 Å². The van der Waals surface area contributed by atoms with Gasteiger partial charge >= 0.3 is 0 Å². The Kier molecular flexibility index (Phi) is 24.3. The van der Waals surface area contributed by atoms with E-state index in [2.05, 4.69) is 59.1 Å². The van der Waals surface area contributed by atoms with Crippen molar-refractivity contribution in [2.24, 2.45) is 0 Å². The number of carbonyl (C=O) groups is 4. The number of fused-ring (bicyclic) bond motifs is 1. The molecule has 2 fully saturated rings. The number of carbonyl (C=O) groups excluding carboxylic acids is 4. The van der Waals surface area contributed by atoms with Crippen LogP contribution in [0.25, 0.3) is 0 Å². The van der Waals surface area contributed by atoms with Gasteiger partial charge in [0, 0.05) is 117 Å². The molecule has 2 aliphatic rings. The van der Waals surface area contributed by atoms with E-state index in [1.807, 2.05) is 55.1 Å². The minimum Gasteiger partial charge on any atom is -0.493 e. The van der Waals surface area contributed by atoms with Crippen LogP contribution in [0.2, 0.25) is 0 Å². The van der Waals surface area contributed by atoms with Gasteiger partial charge in [-0.25, -0.2) is 4.98 Å². The molecule has 0 saturated carbocycles. The third kappa shape index (κ3) is 21.0. The van der Waals surface area contributed by atoms with Crippen LogP contribution in [0.1, 0.15) is 69.8 Å². The molecule has 8 N–H and O–H groups in total. The van der Waals surface area contributed by atoms with E-state index in [-0.39, 0.29) is 36.5 Å². The van der Waals surface area contributed by atoms with E-state index in [0.717, 1.165) is 49.3 Å². The highest BCUT2D eigenvalue weighted by molar-refractivity contribution is 8.00. The van der Waals surface area contributed by atoms with Crippen LogP contribution in [-0.2, 0) is 33.4 Å². The Morgan fingerprint density at radius 2 is 1.34 bits per heavy atom. The first-order valence-electron chi connectivity index (χ1n) is 23.5. The van der Waals surface area contributed by atoms with Gasteiger partial charge in [-0.15, -0.1) is 0 Å². The second-order valence-corrected chi connectivity index (χ2v) is 17.5. The van der Waals surface area contributed by atoms with E-state index in [0.29, 0.717) is 132 Å². The lowest BCUT2D eigenvalue weighted by Crippen LogP contribution is -2.36.